The van der Waals surface area contributed by atoms with Gasteiger partial charge in [-0.3, -0.25) is 4.79 Å². The Bertz CT molecular complexity index is 850. The summed E-state index contributed by atoms with van der Waals surface area (Å²) in [4.78, 5) is 14.2. The van der Waals surface area contributed by atoms with Gasteiger partial charge in [-0.05, 0) is 66.2 Å². The second kappa shape index (κ2) is 5.57. The van der Waals surface area contributed by atoms with Crippen LogP contribution in [0.5, 0.6) is 0 Å². The Morgan fingerprint density at radius 2 is 2.00 bits per heavy atom. The number of benzene rings is 2. The summed E-state index contributed by atoms with van der Waals surface area (Å²) >= 11 is 1.61. The maximum Gasteiger partial charge on any atom is 0.237 e. The van der Waals surface area contributed by atoms with Gasteiger partial charge < -0.3 is 9.62 Å². The molecule has 0 atom stereocenters. The van der Waals surface area contributed by atoms with Gasteiger partial charge in [0, 0.05) is 24.2 Å². The van der Waals surface area contributed by atoms with Crippen molar-refractivity contribution in [3.05, 3.63) is 59.2 Å². The number of nitrogens with zero attached hydrogens (tertiary/aromatic N) is 2. The molecule has 1 fully saturated rings. The molecule has 5 heteroatoms. The normalized spacial score (nSPS) is 16.8. The summed E-state index contributed by atoms with van der Waals surface area (Å²) in [6.45, 7) is 0. The molecule has 1 saturated carbocycles. The predicted molar refractivity (Wildman–Crippen MR) is 96.8 cm³/mol. The van der Waals surface area contributed by atoms with Crippen LogP contribution in [0.4, 0.5) is 11.4 Å². The molecule has 1 aliphatic carbocycles. The molecule has 2 aromatic carbocycles. The average molecular weight is 335 g/mol. The van der Waals surface area contributed by atoms with E-state index >= 15 is 0 Å². The van der Waals surface area contributed by atoms with E-state index in [1.807, 2.05) is 43.4 Å². The third-order valence-electron chi connectivity index (χ3n) is 4.85. The first-order valence-corrected chi connectivity index (χ1v) is 8.92. The predicted octanol–water partition coefficient (Wildman–Crippen LogP) is 3.83. The average Bonchev–Trinajstić information content (AvgIpc) is 3.39. The lowest BCUT2D eigenvalue weighted by atomic mass is 9.97. The minimum absolute atomic E-state index is 0.236. The zero-order valence-corrected chi connectivity index (χ0v) is 14.2. The van der Waals surface area contributed by atoms with E-state index in [9.17, 15) is 4.79 Å². The standard InChI is InChI=1S/C19H17N3OS/c1-22-17-7-6-15(10-16(17)19(8-9-19)18(22)23)21-24-12-14-4-2-13(11-20)3-5-14/h2-7,10,21H,8-9,12H2,1H3. The quantitative estimate of drug-likeness (QED) is 0.863. The Morgan fingerprint density at radius 1 is 1.25 bits per heavy atom. The van der Waals surface area contributed by atoms with Crippen molar-refractivity contribution in [3.8, 4) is 6.07 Å². The molecule has 0 unspecified atom stereocenters. The van der Waals surface area contributed by atoms with Crippen LogP contribution >= 0.6 is 11.9 Å². The summed E-state index contributed by atoms with van der Waals surface area (Å²) < 4.78 is 3.37. The van der Waals surface area contributed by atoms with E-state index in [-0.39, 0.29) is 11.3 Å². The molecular formula is C19H17N3OS. The van der Waals surface area contributed by atoms with Gasteiger partial charge in [-0.15, -0.1) is 0 Å². The molecule has 2 aromatic rings. The summed E-state index contributed by atoms with van der Waals surface area (Å²) in [6, 6.07) is 15.9. The monoisotopic (exact) mass is 335 g/mol. The van der Waals surface area contributed by atoms with Gasteiger partial charge in [0.2, 0.25) is 5.91 Å². The first-order chi connectivity index (χ1) is 11.6. The molecule has 1 N–H and O–H groups in total. The summed E-state index contributed by atoms with van der Waals surface area (Å²) in [7, 11) is 1.86. The van der Waals surface area contributed by atoms with Gasteiger partial charge in [0.15, 0.2) is 0 Å². The van der Waals surface area contributed by atoms with Crippen molar-refractivity contribution in [2.45, 2.75) is 24.0 Å². The molecule has 0 aromatic heterocycles. The van der Waals surface area contributed by atoms with Gasteiger partial charge in [-0.1, -0.05) is 12.1 Å². The van der Waals surface area contributed by atoms with Crippen LogP contribution in [-0.2, 0) is 16.0 Å². The highest BCUT2D eigenvalue weighted by atomic mass is 32.2. The molecule has 24 heavy (non-hydrogen) atoms. The Balaban J connectivity index is 1.44. The molecular weight excluding hydrogens is 318 g/mol. The first-order valence-electron chi connectivity index (χ1n) is 7.94. The number of nitriles is 1. The van der Waals surface area contributed by atoms with Gasteiger partial charge in [-0.2, -0.15) is 5.26 Å². The van der Waals surface area contributed by atoms with Crippen molar-refractivity contribution < 1.29 is 4.79 Å². The number of hydrogen-bond acceptors (Lipinski definition) is 4. The number of carbonyl (C=O) groups is 1. The minimum Gasteiger partial charge on any atom is -0.329 e. The number of fused-ring (bicyclic) bond motifs is 2. The highest BCUT2D eigenvalue weighted by Crippen LogP contribution is 2.57. The van der Waals surface area contributed by atoms with Gasteiger partial charge >= 0.3 is 0 Å². The molecule has 120 valence electrons. The number of anilines is 2. The summed E-state index contributed by atoms with van der Waals surface area (Å²) in [5.41, 5.74) is 4.85. The summed E-state index contributed by atoms with van der Waals surface area (Å²) in [5.74, 6) is 1.05. The fraction of sp³-hybridized carbons (Fsp3) is 0.263. The van der Waals surface area contributed by atoms with Crippen LogP contribution < -0.4 is 9.62 Å². The van der Waals surface area contributed by atoms with Crippen LogP contribution in [0.1, 0.15) is 29.5 Å². The first kappa shape index (κ1) is 15.1. The van der Waals surface area contributed by atoms with Crippen LogP contribution in [0.3, 0.4) is 0 Å². The molecule has 4 nitrogen and oxygen atoms in total. The molecule has 2 aliphatic rings. The lowest BCUT2D eigenvalue weighted by Crippen LogP contribution is -2.27. The SMILES string of the molecule is CN1C(=O)C2(CC2)c2cc(NSCc3ccc(C#N)cc3)ccc21. The number of hydrogen-bond donors (Lipinski definition) is 1. The van der Waals surface area contributed by atoms with E-state index in [2.05, 4.69) is 16.9 Å². The number of nitrogens with one attached hydrogen (secondary N) is 1. The second-order valence-corrected chi connectivity index (χ2v) is 7.16. The third kappa shape index (κ3) is 2.35. The largest absolute Gasteiger partial charge is 0.329 e. The van der Waals surface area contributed by atoms with Crippen molar-refractivity contribution in [1.29, 1.82) is 5.26 Å². The zero-order valence-electron chi connectivity index (χ0n) is 13.4. The van der Waals surface area contributed by atoms with Crippen molar-refractivity contribution >= 4 is 29.2 Å². The number of rotatable bonds is 4. The van der Waals surface area contributed by atoms with Crippen LogP contribution in [0.2, 0.25) is 0 Å². The number of likely N-dealkylation sites (N-methyl/N-ethyl adjacent to an activating group) is 1. The van der Waals surface area contributed by atoms with E-state index < -0.39 is 0 Å². The fourth-order valence-electron chi connectivity index (χ4n) is 3.31. The maximum atomic E-state index is 12.4. The molecule has 1 heterocycles. The highest BCUT2D eigenvalue weighted by molar-refractivity contribution is 7.99. The van der Waals surface area contributed by atoms with E-state index in [0.717, 1.165) is 30.0 Å². The Kier molecular flexibility index (Phi) is 3.50. The van der Waals surface area contributed by atoms with Crippen LogP contribution in [0.25, 0.3) is 0 Å². The van der Waals surface area contributed by atoms with Crippen molar-refractivity contribution in [3.63, 3.8) is 0 Å². The van der Waals surface area contributed by atoms with Gasteiger partial charge in [-0.25, -0.2) is 0 Å². The molecule has 4 rings (SSSR count). The van der Waals surface area contributed by atoms with E-state index in [4.69, 9.17) is 5.26 Å². The summed E-state index contributed by atoms with van der Waals surface area (Å²) in [6.07, 6.45) is 1.93. The summed E-state index contributed by atoms with van der Waals surface area (Å²) in [5, 5.41) is 8.82. The molecule has 1 aliphatic heterocycles. The van der Waals surface area contributed by atoms with Gasteiger partial charge in [0.05, 0.1) is 17.0 Å². The number of amides is 1. The zero-order chi connectivity index (χ0) is 16.7. The Labute approximate surface area is 145 Å². The highest BCUT2D eigenvalue weighted by Gasteiger charge is 2.58. The van der Waals surface area contributed by atoms with Gasteiger partial charge in [0.25, 0.3) is 0 Å². The van der Waals surface area contributed by atoms with Gasteiger partial charge in [0.1, 0.15) is 0 Å². The van der Waals surface area contributed by atoms with Crippen molar-refractivity contribution in [1.82, 2.24) is 0 Å². The topological polar surface area (TPSA) is 56.1 Å². The third-order valence-corrected chi connectivity index (χ3v) is 5.71. The Hall–Kier alpha value is -2.45. The molecule has 0 bridgehead atoms. The maximum absolute atomic E-state index is 12.4. The van der Waals surface area contributed by atoms with E-state index in [1.165, 1.54) is 11.1 Å². The lowest BCUT2D eigenvalue weighted by Gasteiger charge is -2.11. The molecule has 1 amide bonds. The van der Waals surface area contributed by atoms with E-state index in [1.54, 1.807) is 16.8 Å². The molecule has 0 radical (unpaired) electrons. The smallest absolute Gasteiger partial charge is 0.237 e. The van der Waals surface area contributed by atoms with Crippen LogP contribution in [0.15, 0.2) is 42.5 Å². The van der Waals surface area contributed by atoms with Crippen molar-refractivity contribution in [2.75, 3.05) is 16.7 Å². The van der Waals surface area contributed by atoms with E-state index in [0.29, 0.717) is 5.56 Å². The number of carbonyl (C=O) groups excluding carboxylic acids is 1. The second-order valence-electron chi connectivity index (χ2n) is 6.38. The van der Waals surface area contributed by atoms with Crippen LogP contribution in [0, 0.1) is 11.3 Å². The van der Waals surface area contributed by atoms with Crippen LogP contribution in [-0.4, -0.2) is 13.0 Å². The molecule has 0 saturated heterocycles. The lowest BCUT2D eigenvalue weighted by molar-refractivity contribution is -0.119. The molecule has 1 spiro atoms. The minimum atomic E-state index is -0.237. The van der Waals surface area contributed by atoms with Crippen molar-refractivity contribution in [2.24, 2.45) is 0 Å². The Morgan fingerprint density at radius 3 is 2.67 bits per heavy atom. The fourth-order valence-corrected chi connectivity index (χ4v) is 4.03.